The van der Waals surface area contributed by atoms with Crippen LogP contribution >= 0.6 is 24.8 Å². The van der Waals surface area contributed by atoms with Crippen molar-refractivity contribution in [3.05, 3.63) is 96.1 Å². The SMILES string of the molecule is Cl.Cl.[C-]1=CC=CC1.[Zr]=[C](c1ccccc1)c1ccccc1. The van der Waals surface area contributed by atoms with Gasteiger partial charge in [0.2, 0.25) is 0 Å². The van der Waals surface area contributed by atoms with Gasteiger partial charge in [0, 0.05) is 0 Å². The van der Waals surface area contributed by atoms with Crippen molar-refractivity contribution in [1.82, 2.24) is 0 Å². The molecule has 0 atom stereocenters. The van der Waals surface area contributed by atoms with Crippen molar-refractivity contribution < 1.29 is 24.2 Å². The van der Waals surface area contributed by atoms with E-state index >= 15 is 0 Å². The molecule has 1 aliphatic carbocycles. The van der Waals surface area contributed by atoms with Gasteiger partial charge in [0.05, 0.1) is 0 Å². The van der Waals surface area contributed by atoms with Crippen molar-refractivity contribution in [3.8, 4) is 0 Å². The molecule has 1 aliphatic rings. The van der Waals surface area contributed by atoms with Gasteiger partial charge < -0.3 is 0 Å². The van der Waals surface area contributed by atoms with Gasteiger partial charge in [-0.2, -0.15) is 6.08 Å². The Morgan fingerprint density at radius 1 is 0.810 bits per heavy atom. The topological polar surface area (TPSA) is 0 Å². The van der Waals surface area contributed by atoms with Crippen LogP contribution in [0.15, 0.2) is 78.9 Å². The summed E-state index contributed by atoms with van der Waals surface area (Å²) in [5, 5.41) is 0. The monoisotopic (exact) mass is 393 g/mol. The van der Waals surface area contributed by atoms with E-state index in [0.717, 1.165) is 6.42 Å². The van der Waals surface area contributed by atoms with Gasteiger partial charge in [0.25, 0.3) is 0 Å². The predicted octanol–water partition coefficient (Wildman–Crippen LogP) is 4.95. The number of halogens is 2. The molecular weight excluding hydrogens is 378 g/mol. The fourth-order valence-electron chi connectivity index (χ4n) is 1.72. The molecular formula is C18H17Cl2Zr-. The van der Waals surface area contributed by atoms with Crippen LogP contribution < -0.4 is 0 Å². The second-order valence-corrected chi connectivity index (χ2v) is 5.34. The number of allylic oxidation sites excluding steroid dienone is 4. The van der Waals surface area contributed by atoms with Crippen molar-refractivity contribution >= 4 is 28.0 Å². The molecule has 0 heterocycles. The van der Waals surface area contributed by atoms with Crippen LogP contribution in [0.2, 0.25) is 0 Å². The standard InChI is InChI=1S/C13H10.C5H5.2ClH.Zr/c1-3-7-12(8-4-1)11-13-9-5-2-6-10-13;1-2-4-5-3-1;;;/h1-10H;1-3H,4H2;2*1H;/q;-1;;;. The molecule has 0 N–H and O–H groups in total. The van der Waals surface area contributed by atoms with Crippen LogP contribution in [0, 0.1) is 6.08 Å². The molecule has 0 aliphatic heterocycles. The van der Waals surface area contributed by atoms with Crippen molar-refractivity contribution in [2.75, 3.05) is 0 Å². The first-order valence-corrected chi connectivity index (χ1v) is 7.52. The number of rotatable bonds is 2. The van der Waals surface area contributed by atoms with Crippen molar-refractivity contribution in [2.45, 2.75) is 6.42 Å². The van der Waals surface area contributed by atoms with E-state index in [0.29, 0.717) is 0 Å². The van der Waals surface area contributed by atoms with E-state index in [1.807, 2.05) is 12.2 Å². The van der Waals surface area contributed by atoms with E-state index in [4.69, 9.17) is 0 Å². The quantitative estimate of drug-likeness (QED) is 0.631. The molecule has 0 radical (unpaired) electrons. The van der Waals surface area contributed by atoms with Crippen LogP contribution in [-0.4, -0.2) is 3.21 Å². The summed E-state index contributed by atoms with van der Waals surface area (Å²) in [6.07, 6.45) is 10.0. The van der Waals surface area contributed by atoms with Crippen molar-refractivity contribution in [2.24, 2.45) is 0 Å². The Morgan fingerprint density at radius 2 is 1.29 bits per heavy atom. The van der Waals surface area contributed by atoms with Gasteiger partial charge in [-0.25, -0.2) is 12.2 Å². The Kier molecular flexibility index (Phi) is 11.4. The summed E-state index contributed by atoms with van der Waals surface area (Å²) < 4.78 is 1.42. The summed E-state index contributed by atoms with van der Waals surface area (Å²) in [5.41, 5.74) is 2.66. The minimum absolute atomic E-state index is 0. The second kappa shape index (κ2) is 11.9. The third-order valence-electron chi connectivity index (χ3n) is 2.71. The summed E-state index contributed by atoms with van der Waals surface area (Å²) in [7, 11) is 0. The summed E-state index contributed by atoms with van der Waals surface area (Å²) in [5.74, 6) is 0. The molecule has 108 valence electrons. The summed E-state index contributed by atoms with van der Waals surface area (Å²) in [6.45, 7) is 0. The Bertz CT molecular complexity index is 523. The molecule has 3 heteroatoms. The van der Waals surface area contributed by atoms with E-state index in [9.17, 15) is 0 Å². The zero-order valence-corrected chi connectivity index (χ0v) is 15.6. The fourth-order valence-corrected chi connectivity index (χ4v) is 2.54. The normalized spacial score (nSPS) is 10.6. The Hall–Kier alpha value is -0.747. The molecule has 0 saturated carbocycles. The summed E-state index contributed by atoms with van der Waals surface area (Å²) >= 11 is 1.46. The van der Waals surface area contributed by atoms with Gasteiger partial charge in [-0.15, -0.1) is 31.2 Å². The van der Waals surface area contributed by atoms with Crippen molar-refractivity contribution in [3.63, 3.8) is 0 Å². The van der Waals surface area contributed by atoms with Crippen LogP contribution in [0.3, 0.4) is 0 Å². The van der Waals surface area contributed by atoms with E-state index in [1.165, 1.54) is 38.6 Å². The van der Waals surface area contributed by atoms with Crippen molar-refractivity contribution in [1.29, 1.82) is 0 Å². The molecule has 3 rings (SSSR count). The summed E-state index contributed by atoms with van der Waals surface area (Å²) in [6, 6.07) is 21.1. The minimum atomic E-state index is 0. The number of hydrogen-bond acceptors (Lipinski definition) is 0. The molecule has 21 heavy (non-hydrogen) atoms. The molecule has 2 aromatic rings. The van der Waals surface area contributed by atoms with Crippen LogP contribution in [0.4, 0.5) is 0 Å². The van der Waals surface area contributed by atoms with Gasteiger partial charge in [0.1, 0.15) is 0 Å². The molecule has 0 unspecified atom stereocenters. The maximum absolute atomic E-state index is 2.99. The zero-order chi connectivity index (χ0) is 13.3. The average molecular weight is 395 g/mol. The average Bonchev–Trinajstić information content (AvgIpc) is 3.08. The molecule has 0 nitrogen and oxygen atoms in total. The van der Waals surface area contributed by atoms with Gasteiger partial charge in [-0.05, 0) is 0 Å². The predicted molar refractivity (Wildman–Crippen MR) is 92.2 cm³/mol. The number of hydrogen-bond donors (Lipinski definition) is 0. The van der Waals surface area contributed by atoms with Gasteiger partial charge in [0.15, 0.2) is 0 Å². The van der Waals surface area contributed by atoms with Crippen LogP contribution in [0.5, 0.6) is 0 Å². The molecule has 0 aromatic heterocycles. The van der Waals surface area contributed by atoms with Crippen LogP contribution in [0.1, 0.15) is 17.5 Å². The maximum atomic E-state index is 2.99. The molecule has 0 saturated heterocycles. The van der Waals surface area contributed by atoms with E-state index in [1.54, 1.807) is 0 Å². The first-order valence-electron chi connectivity index (χ1n) is 6.29. The molecule has 0 amide bonds. The van der Waals surface area contributed by atoms with Crippen LogP contribution in [0.25, 0.3) is 0 Å². The first-order chi connectivity index (χ1) is 9.38. The number of benzene rings is 2. The van der Waals surface area contributed by atoms with Crippen LogP contribution in [-0.2, 0) is 24.2 Å². The third kappa shape index (κ3) is 7.18. The Morgan fingerprint density at radius 3 is 1.57 bits per heavy atom. The van der Waals surface area contributed by atoms with Gasteiger partial charge in [-0.1, -0.05) is 0 Å². The molecule has 0 spiro atoms. The molecule has 0 bridgehead atoms. The first kappa shape index (κ1) is 20.3. The van der Waals surface area contributed by atoms with Gasteiger partial charge in [-0.3, -0.25) is 6.08 Å². The van der Waals surface area contributed by atoms with E-state index in [-0.39, 0.29) is 24.8 Å². The second-order valence-electron chi connectivity index (χ2n) is 4.11. The summed E-state index contributed by atoms with van der Waals surface area (Å²) in [4.78, 5) is 0. The van der Waals surface area contributed by atoms with Gasteiger partial charge >= 0.3 is 99.2 Å². The zero-order valence-electron chi connectivity index (χ0n) is 11.5. The Balaban J connectivity index is 0.000000491. The Labute approximate surface area is 154 Å². The fraction of sp³-hybridized carbons (Fsp3) is 0.0556. The van der Waals surface area contributed by atoms with E-state index < -0.39 is 0 Å². The third-order valence-corrected chi connectivity index (χ3v) is 4.13. The van der Waals surface area contributed by atoms with E-state index in [2.05, 4.69) is 72.8 Å². The molecule has 0 fully saturated rings. The molecule has 2 aromatic carbocycles.